The molecular formula is C15H16FNS. The molecule has 0 aliphatic carbocycles. The van der Waals surface area contributed by atoms with Crippen LogP contribution in [-0.2, 0) is 6.54 Å². The molecule has 0 unspecified atom stereocenters. The van der Waals surface area contributed by atoms with E-state index in [-0.39, 0.29) is 5.82 Å². The second-order valence-corrected chi connectivity index (χ2v) is 5.52. The van der Waals surface area contributed by atoms with Gasteiger partial charge in [0, 0.05) is 16.3 Å². The predicted molar refractivity (Wildman–Crippen MR) is 74.4 cm³/mol. The number of hydrogen-bond acceptors (Lipinski definition) is 2. The molecule has 0 saturated carbocycles. The van der Waals surface area contributed by atoms with Crippen molar-refractivity contribution in [1.29, 1.82) is 0 Å². The molecular weight excluding hydrogens is 245 g/mol. The van der Waals surface area contributed by atoms with Crippen molar-refractivity contribution in [2.45, 2.75) is 16.3 Å². The van der Waals surface area contributed by atoms with Crippen LogP contribution in [0.1, 0.15) is 5.56 Å². The molecule has 0 aliphatic rings. The molecule has 0 N–H and O–H groups in total. The maximum absolute atomic E-state index is 13.2. The van der Waals surface area contributed by atoms with Crippen LogP contribution in [0, 0.1) is 5.82 Å². The molecule has 2 rings (SSSR count). The van der Waals surface area contributed by atoms with Gasteiger partial charge in [0.1, 0.15) is 5.82 Å². The summed E-state index contributed by atoms with van der Waals surface area (Å²) in [5.41, 5.74) is 1.26. The fraction of sp³-hybridized carbons (Fsp3) is 0.200. The molecule has 0 fully saturated rings. The lowest BCUT2D eigenvalue weighted by Gasteiger charge is -2.13. The van der Waals surface area contributed by atoms with E-state index >= 15 is 0 Å². The van der Waals surface area contributed by atoms with Gasteiger partial charge in [-0.05, 0) is 43.9 Å². The molecule has 3 heteroatoms. The minimum atomic E-state index is -0.190. The molecule has 0 aromatic heterocycles. The normalized spacial score (nSPS) is 10.9. The van der Waals surface area contributed by atoms with Crippen molar-refractivity contribution in [3.05, 3.63) is 59.9 Å². The minimum absolute atomic E-state index is 0.190. The van der Waals surface area contributed by atoms with E-state index in [1.54, 1.807) is 23.9 Å². The van der Waals surface area contributed by atoms with E-state index in [0.29, 0.717) is 0 Å². The Bertz CT molecular complexity index is 525. The molecule has 2 aromatic carbocycles. The van der Waals surface area contributed by atoms with Crippen LogP contribution in [-0.4, -0.2) is 19.0 Å². The van der Waals surface area contributed by atoms with Crippen molar-refractivity contribution in [1.82, 2.24) is 4.90 Å². The first-order valence-corrected chi connectivity index (χ1v) is 6.63. The maximum Gasteiger partial charge on any atom is 0.124 e. The summed E-state index contributed by atoms with van der Waals surface area (Å²) in [5, 5.41) is 0. The number of halogens is 1. The Balaban J connectivity index is 2.23. The molecule has 18 heavy (non-hydrogen) atoms. The lowest BCUT2D eigenvalue weighted by Crippen LogP contribution is -2.11. The maximum atomic E-state index is 13.2. The summed E-state index contributed by atoms with van der Waals surface area (Å²) in [6.07, 6.45) is 0. The van der Waals surface area contributed by atoms with Crippen molar-refractivity contribution < 1.29 is 4.39 Å². The van der Waals surface area contributed by atoms with Crippen molar-refractivity contribution in [3.63, 3.8) is 0 Å². The van der Waals surface area contributed by atoms with Crippen LogP contribution in [0.4, 0.5) is 4.39 Å². The van der Waals surface area contributed by atoms with Crippen molar-refractivity contribution >= 4 is 11.8 Å². The quantitative estimate of drug-likeness (QED) is 0.817. The van der Waals surface area contributed by atoms with Crippen LogP contribution >= 0.6 is 11.8 Å². The average molecular weight is 261 g/mol. The Hall–Kier alpha value is -1.32. The third-order valence-corrected chi connectivity index (χ3v) is 3.59. The molecule has 94 valence electrons. The van der Waals surface area contributed by atoms with Crippen LogP contribution in [0.2, 0.25) is 0 Å². The Kier molecular flexibility index (Phi) is 4.39. The van der Waals surface area contributed by atoms with E-state index in [1.807, 2.05) is 32.3 Å². The fourth-order valence-electron chi connectivity index (χ4n) is 1.73. The smallest absolute Gasteiger partial charge is 0.124 e. The Morgan fingerprint density at radius 1 is 1.06 bits per heavy atom. The van der Waals surface area contributed by atoms with Crippen LogP contribution in [0.5, 0.6) is 0 Å². The highest BCUT2D eigenvalue weighted by Gasteiger charge is 2.05. The van der Waals surface area contributed by atoms with Crippen molar-refractivity contribution in [2.24, 2.45) is 0 Å². The molecule has 0 aliphatic heterocycles. The summed E-state index contributed by atoms with van der Waals surface area (Å²) in [6.45, 7) is 0.887. The number of hydrogen-bond donors (Lipinski definition) is 0. The number of rotatable bonds is 4. The van der Waals surface area contributed by atoms with E-state index in [1.165, 1.54) is 16.5 Å². The molecule has 2 aromatic rings. The zero-order valence-electron chi connectivity index (χ0n) is 10.6. The summed E-state index contributed by atoms with van der Waals surface area (Å²) < 4.78 is 13.2. The van der Waals surface area contributed by atoms with E-state index in [4.69, 9.17) is 0 Å². The third kappa shape index (κ3) is 3.59. The van der Waals surface area contributed by atoms with Crippen LogP contribution in [0.3, 0.4) is 0 Å². The Labute approximate surface area is 112 Å². The minimum Gasteiger partial charge on any atom is -0.305 e. The summed E-state index contributed by atoms with van der Waals surface area (Å²) in [6, 6.07) is 14.9. The van der Waals surface area contributed by atoms with Crippen LogP contribution in [0.25, 0.3) is 0 Å². The molecule has 0 atom stereocenters. The van der Waals surface area contributed by atoms with E-state index in [0.717, 1.165) is 11.4 Å². The second-order valence-electron chi connectivity index (χ2n) is 4.40. The third-order valence-electron chi connectivity index (χ3n) is 2.48. The lowest BCUT2D eigenvalue weighted by atomic mass is 10.2. The van der Waals surface area contributed by atoms with Gasteiger partial charge in [-0.15, -0.1) is 0 Å². The van der Waals surface area contributed by atoms with E-state index in [9.17, 15) is 4.39 Å². The summed E-state index contributed by atoms with van der Waals surface area (Å²) in [5.74, 6) is -0.190. The SMILES string of the molecule is CN(C)Cc1ccccc1Sc1cccc(F)c1. The topological polar surface area (TPSA) is 3.24 Å². The average Bonchev–Trinajstić information content (AvgIpc) is 2.31. The van der Waals surface area contributed by atoms with Crippen LogP contribution in [0.15, 0.2) is 58.3 Å². The molecule has 0 radical (unpaired) electrons. The van der Waals surface area contributed by atoms with Crippen LogP contribution < -0.4 is 0 Å². The Morgan fingerprint density at radius 2 is 1.83 bits per heavy atom. The summed E-state index contributed by atoms with van der Waals surface area (Å²) >= 11 is 1.60. The lowest BCUT2D eigenvalue weighted by molar-refractivity contribution is 0.399. The second kappa shape index (κ2) is 6.03. The fourth-order valence-corrected chi connectivity index (χ4v) is 2.71. The predicted octanol–water partition coefficient (Wildman–Crippen LogP) is 4.04. The first kappa shape index (κ1) is 13.1. The number of benzene rings is 2. The van der Waals surface area contributed by atoms with Gasteiger partial charge in [-0.3, -0.25) is 0 Å². The largest absolute Gasteiger partial charge is 0.305 e. The zero-order valence-corrected chi connectivity index (χ0v) is 11.4. The molecule has 0 amide bonds. The van der Waals surface area contributed by atoms with Gasteiger partial charge in [0.25, 0.3) is 0 Å². The highest BCUT2D eigenvalue weighted by atomic mass is 32.2. The highest BCUT2D eigenvalue weighted by Crippen LogP contribution is 2.31. The van der Waals surface area contributed by atoms with Crippen molar-refractivity contribution in [3.8, 4) is 0 Å². The van der Waals surface area contributed by atoms with Gasteiger partial charge in [0.15, 0.2) is 0 Å². The first-order valence-electron chi connectivity index (χ1n) is 5.81. The van der Waals surface area contributed by atoms with Gasteiger partial charge in [-0.2, -0.15) is 0 Å². The summed E-state index contributed by atoms with van der Waals surface area (Å²) in [7, 11) is 4.09. The van der Waals surface area contributed by atoms with E-state index in [2.05, 4.69) is 17.0 Å². The van der Waals surface area contributed by atoms with E-state index < -0.39 is 0 Å². The molecule has 0 heterocycles. The first-order chi connectivity index (χ1) is 8.65. The highest BCUT2D eigenvalue weighted by molar-refractivity contribution is 7.99. The van der Waals surface area contributed by atoms with Gasteiger partial charge in [-0.25, -0.2) is 4.39 Å². The van der Waals surface area contributed by atoms with Gasteiger partial charge >= 0.3 is 0 Å². The standard InChI is InChI=1S/C15H16FNS/c1-17(2)11-12-6-3-4-9-15(12)18-14-8-5-7-13(16)10-14/h3-10H,11H2,1-2H3. The number of nitrogens with zero attached hydrogens (tertiary/aromatic N) is 1. The zero-order chi connectivity index (χ0) is 13.0. The van der Waals surface area contributed by atoms with Gasteiger partial charge in [0.2, 0.25) is 0 Å². The monoisotopic (exact) mass is 261 g/mol. The Morgan fingerprint density at radius 3 is 2.56 bits per heavy atom. The molecule has 0 bridgehead atoms. The molecule has 0 saturated heterocycles. The molecule has 1 nitrogen and oxygen atoms in total. The molecule has 0 spiro atoms. The summed E-state index contributed by atoms with van der Waals surface area (Å²) in [4.78, 5) is 4.24. The van der Waals surface area contributed by atoms with Crippen molar-refractivity contribution in [2.75, 3.05) is 14.1 Å². The van der Waals surface area contributed by atoms with Gasteiger partial charge in [0.05, 0.1) is 0 Å². The van der Waals surface area contributed by atoms with Gasteiger partial charge in [-0.1, -0.05) is 36.0 Å². The van der Waals surface area contributed by atoms with Gasteiger partial charge < -0.3 is 4.90 Å².